The minimum atomic E-state index is -2.03. The molecule has 1 aliphatic rings. The van der Waals surface area contributed by atoms with Gasteiger partial charge in [0.05, 0.1) is 11.1 Å². The minimum Gasteiger partial charge on any atom is -0.479 e. The smallest absolute Gasteiger partial charge is 0.394 e. The number of aromatic nitrogens is 1. The second-order valence-electron chi connectivity index (χ2n) is 13.6. The van der Waals surface area contributed by atoms with Gasteiger partial charge in [0.15, 0.2) is 17.0 Å². The third-order valence-corrected chi connectivity index (χ3v) is 9.50. The molecule has 0 aliphatic carbocycles. The van der Waals surface area contributed by atoms with E-state index in [1.54, 1.807) is 49.4 Å². The molecule has 24 heteroatoms. The van der Waals surface area contributed by atoms with E-state index in [1.165, 1.54) is 30.7 Å². The SMILES string of the molecule is CCC[C@](C)(F)C(=O)O.CON=C(C(=O)O)c1csc(NC=O)n1.NC(=O)C(=O)O.O=C(O)[C@H]1CCCO1.O=C(O)c1ccc(S)cc1.O=C(O)c1ccccc1C(=O)c1ccc2ccccc2c1. The van der Waals surface area contributed by atoms with Gasteiger partial charge >= 0.3 is 41.7 Å². The van der Waals surface area contributed by atoms with Gasteiger partial charge in [-0.25, -0.2) is 38.1 Å². The van der Waals surface area contributed by atoms with Crippen molar-refractivity contribution in [2.75, 3.05) is 19.0 Å². The van der Waals surface area contributed by atoms with E-state index in [9.17, 15) is 52.6 Å². The molecule has 368 valence electrons. The van der Waals surface area contributed by atoms with E-state index < -0.39 is 53.5 Å². The highest BCUT2D eigenvalue weighted by Gasteiger charge is 2.31. The number of carbonyl (C=O) groups excluding carboxylic acids is 3. The highest BCUT2D eigenvalue weighted by molar-refractivity contribution is 7.80. The van der Waals surface area contributed by atoms with Crippen LogP contribution in [-0.4, -0.2) is 121 Å². The van der Waals surface area contributed by atoms with Crippen LogP contribution in [0.2, 0.25) is 0 Å². The van der Waals surface area contributed by atoms with Gasteiger partial charge in [-0.3, -0.25) is 14.4 Å². The lowest BCUT2D eigenvalue weighted by Gasteiger charge is -2.11. The first-order valence-corrected chi connectivity index (χ1v) is 21.0. The predicted molar refractivity (Wildman–Crippen MR) is 250 cm³/mol. The number of aliphatic carboxylic acids is 4. The summed E-state index contributed by atoms with van der Waals surface area (Å²) < 4.78 is 17.4. The number of amides is 2. The number of hydrogen-bond donors (Lipinski definition) is 9. The van der Waals surface area contributed by atoms with Crippen molar-refractivity contribution >= 4 is 99.5 Å². The molecular formula is C45H47FN4O17S2. The summed E-state index contributed by atoms with van der Waals surface area (Å²) in [5.41, 5.74) is 3.00. The number of nitrogens with two attached hydrogens (primary N) is 1. The zero-order valence-corrected chi connectivity index (χ0v) is 38.5. The number of rotatable bonds is 13. The van der Waals surface area contributed by atoms with E-state index in [0.717, 1.165) is 40.3 Å². The molecule has 9 N–H and O–H groups in total. The Kier molecular flexibility index (Phi) is 25.8. The molecule has 2 heterocycles. The Morgan fingerprint density at radius 1 is 0.870 bits per heavy atom. The van der Waals surface area contributed by atoms with Crippen LogP contribution in [0.3, 0.4) is 0 Å². The number of benzene rings is 4. The fourth-order valence-electron chi connectivity index (χ4n) is 5.09. The lowest BCUT2D eigenvalue weighted by atomic mass is 9.96. The van der Waals surface area contributed by atoms with Crippen LogP contribution in [0.25, 0.3) is 10.8 Å². The molecule has 4 aromatic carbocycles. The summed E-state index contributed by atoms with van der Waals surface area (Å²) in [4.78, 5) is 102. The van der Waals surface area contributed by atoms with Gasteiger partial charge in [0.25, 0.3) is 0 Å². The molecule has 1 aliphatic heterocycles. The van der Waals surface area contributed by atoms with Crippen molar-refractivity contribution in [1.29, 1.82) is 0 Å². The average Bonchev–Trinajstić information content (AvgIpc) is 4.03. The maximum absolute atomic E-state index is 12.6. The quantitative estimate of drug-likeness (QED) is 0.0163. The van der Waals surface area contributed by atoms with Crippen LogP contribution in [0.15, 0.2) is 106 Å². The van der Waals surface area contributed by atoms with E-state index >= 15 is 0 Å². The van der Waals surface area contributed by atoms with Gasteiger partial charge in [0.1, 0.15) is 12.8 Å². The van der Waals surface area contributed by atoms with Gasteiger partial charge in [-0.15, -0.1) is 24.0 Å². The number of ketones is 1. The van der Waals surface area contributed by atoms with Crippen LogP contribution in [0, 0.1) is 0 Å². The summed E-state index contributed by atoms with van der Waals surface area (Å²) in [6, 6.07) is 25.7. The number of primary amides is 1. The van der Waals surface area contributed by atoms with Crippen molar-refractivity contribution in [1.82, 2.24) is 4.98 Å². The van der Waals surface area contributed by atoms with Gasteiger partial charge in [-0.2, -0.15) is 0 Å². The lowest BCUT2D eigenvalue weighted by Crippen LogP contribution is -2.29. The molecule has 2 atom stereocenters. The fourth-order valence-corrected chi connectivity index (χ4v) is 5.90. The largest absolute Gasteiger partial charge is 0.479 e. The summed E-state index contributed by atoms with van der Waals surface area (Å²) in [7, 11) is 1.24. The predicted octanol–water partition coefficient (Wildman–Crippen LogP) is 5.99. The number of hydrogen-bond acceptors (Lipinski definition) is 15. The zero-order chi connectivity index (χ0) is 52.3. The number of ether oxygens (including phenoxy) is 1. The topological polar surface area (TPSA) is 357 Å². The number of alkyl halides is 1. The molecule has 0 bridgehead atoms. The number of halogens is 1. The molecule has 1 aromatic heterocycles. The highest BCUT2D eigenvalue weighted by atomic mass is 32.1. The zero-order valence-electron chi connectivity index (χ0n) is 36.8. The number of carbonyl (C=O) groups is 9. The first-order chi connectivity index (χ1) is 32.5. The van der Waals surface area contributed by atoms with E-state index in [0.29, 0.717) is 36.6 Å². The number of anilines is 1. The number of fused-ring (bicyclic) bond motifs is 1. The molecule has 0 spiro atoms. The molecular weight excluding hydrogens is 952 g/mol. The van der Waals surface area contributed by atoms with Crippen molar-refractivity contribution < 1.29 is 87.8 Å². The van der Waals surface area contributed by atoms with Crippen LogP contribution >= 0.6 is 24.0 Å². The Morgan fingerprint density at radius 3 is 1.87 bits per heavy atom. The summed E-state index contributed by atoms with van der Waals surface area (Å²) in [6.07, 6.45) is 2.14. The normalized spacial score (nSPS) is 13.0. The van der Waals surface area contributed by atoms with E-state index in [4.69, 9.17) is 30.3 Å². The number of oxime groups is 1. The average molecular weight is 999 g/mol. The molecule has 69 heavy (non-hydrogen) atoms. The molecule has 6 rings (SSSR count). The number of thiazole rings is 1. The number of aromatic carboxylic acids is 2. The highest BCUT2D eigenvalue weighted by Crippen LogP contribution is 2.21. The lowest BCUT2D eigenvalue weighted by molar-refractivity contribution is -0.150. The van der Waals surface area contributed by atoms with Crippen molar-refractivity contribution in [2.24, 2.45) is 10.9 Å². The summed E-state index contributed by atoms with van der Waals surface area (Å²) in [6.45, 7) is 3.44. The maximum atomic E-state index is 12.6. The molecule has 0 saturated carbocycles. The van der Waals surface area contributed by atoms with Crippen molar-refractivity contribution in [2.45, 2.75) is 56.2 Å². The van der Waals surface area contributed by atoms with Gasteiger partial charge in [-0.1, -0.05) is 73.1 Å². The van der Waals surface area contributed by atoms with Crippen LogP contribution in [0.4, 0.5) is 9.52 Å². The van der Waals surface area contributed by atoms with Crippen molar-refractivity contribution in [3.05, 3.63) is 124 Å². The van der Waals surface area contributed by atoms with Crippen molar-refractivity contribution in [3.8, 4) is 0 Å². The van der Waals surface area contributed by atoms with Gasteiger partial charge in [0, 0.05) is 28.0 Å². The Labute approximate surface area is 401 Å². The van der Waals surface area contributed by atoms with Crippen molar-refractivity contribution in [3.63, 3.8) is 0 Å². The van der Waals surface area contributed by atoms with Gasteiger partial charge < -0.3 is 51.3 Å². The number of nitrogens with one attached hydrogen (secondary N) is 1. The Balaban J connectivity index is 0.000000438. The van der Waals surface area contributed by atoms with E-state index in [2.05, 4.69) is 38.7 Å². The van der Waals surface area contributed by atoms with Crippen LogP contribution < -0.4 is 11.1 Å². The molecule has 5 aromatic rings. The van der Waals surface area contributed by atoms with E-state index in [-0.39, 0.29) is 40.3 Å². The van der Waals surface area contributed by atoms with Crippen LogP contribution in [0.5, 0.6) is 0 Å². The first-order valence-electron chi connectivity index (χ1n) is 19.7. The number of carboxylic acid groups (broad SMARTS) is 6. The molecule has 1 saturated heterocycles. The molecule has 2 amide bonds. The third kappa shape index (κ3) is 21.4. The number of nitrogens with zero attached hydrogens (tertiary/aromatic N) is 2. The summed E-state index contributed by atoms with van der Waals surface area (Å²) in [5.74, 6) is -8.66. The first kappa shape index (κ1) is 58.9. The Bertz CT molecular complexity index is 2580. The monoisotopic (exact) mass is 998 g/mol. The van der Waals surface area contributed by atoms with E-state index in [1.807, 2.05) is 30.3 Å². The standard InChI is InChI=1S/C18H12O3.C7H7N3O4S.C7H6O2S.C6H11FO2.C5H8O3.C2H3NO3/c19-17(15-7-3-4-8-16(15)18(20)21)14-10-9-12-5-1-2-6-13(12)11-14;1-14-10-5(6(12)13)4-2-15-7(9-4)8-3-11;8-7(9)5-1-3-6(10)4-2-5;1-3-4-6(2,7)5(8)9;6-5(7)4-2-1-3-8-4;3-1(4)2(5)6/h1-11H,(H,20,21);2-3H,1H3,(H,12,13)(H,8,9,11);1-4,10H,(H,8,9);3-4H2,1-2H3,(H,8,9);4H,1-3H2,(H,6,7);(H2,3,4)(H,5,6)/t;;;6-;4-;/m...01./s1. The molecule has 1 fully saturated rings. The third-order valence-electron chi connectivity index (χ3n) is 8.42. The summed E-state index contributed by atoms with van der Waals surface area (Å²) in [5, 5.41) is 59.8. The minimum absolute atomic E-state index is 0.0238. The molecule has 0 radical (unpaired) electrons. The van der Waals surface area contributed by atoms with Crippen LogP contribution in [0.1, 0.15) is 81.9 Å². The second-order valence-corrected chi connectivity index (χ2v) is 15.0. The Morgan fingerprint density at radius 2 is 1.43 bits per heavy atom. The maximum Gasteiger partial charge on any atom is 0.394 e. The second kappa shape index (κ2) is 30.2. The van der Waals surface area contributed by atoms with Gasteiger partial charge in [-0.05, 0) is 73.4 Å². The molecule has 0 unspecified atom stereocenters. The number of carboxylic acids is 6. The van der Waals surface area contributed by atoms with Crippen LogP contribution in [-0.2, 0) is 38.3 Å². The Hall–Kier alpha value is -8.09. The molecule has 21 nitrogen and oxygen atoms in total. The van der Waals surface area contributed by atoms with Gasteiger partial charge in [0.2, 0.25) is 17.8 Å². The number of thiol groups is 1. The summed E-state index contributed by atoms with van der Waals surface area (Å²) >= 11 is 5.10. The fraction of sp³-hybridized carbons (Fsp3) is 0.222.